The highest BCUT2D eigenvalue weighted by molar-refractivity contribution is 7.98. The molecule has 0 aliphatic carbocycles. The van der Waals surface area contributed by atoms with Crippen LogP contribution in [-0.4, -0.2) is 36.9 Å². The molecule has 0 unspecified atom stereocenters. The predicted molar refractivity (Wildman–Crippen MR) is 121 cm³/mol. The van der Waals surface area contributed by atoms with Crippen LogP contribution in [0.15, 0.2) is 52.4 Å². The van der Waals surface area contributed by atoms with Crippen molar-refractivity contribution in [2.75, 3.05) is 7.11 Å². The van der Waals surface area contributed by atoms with E-state index in [0.717, 1.165) is 30.8 Å². The molecule has 0 atom stereocenters. The molecule has 2 aromatic carbocycles. The summed E-state index contributed by atoms with van der Waals surface area (Å²) in [5.74, 6) is 1.86. The Hall–Kier alpha value is -3.20. The van der Waals surface area contributed by atoms with E-state index in [4.69, 9.17) is 9.72 Å². The van der Waals surface area contributed by atoms with Gasteiger partial charge in [-0.25, -0.2) is 9.67 Å². The number of nitrogens with zero attached hydrogens (tertiary/aromatic N) is 6. The Morgan fingerprint density at radius 3 is 2.81 bits per heavy atom. The van der Waals surface area contributed by atoms with Crippen LogP contribution in [-0.2, 0) is 12.3 Å². The van der Waals surface area contributed by atoms with Gasteiger partial charge in [-0.15, -0.1) is 5.10 Å². The van der Waals surface area contributed by atoms with Gasteiger partial charge in [0.05, 0.1) is 29.5 Å². The molecule has 8 nitrogen and oxygen atoms in total. The molecule has 0 bridgehead atoms. The second-order valence-electron chi connectivity index (χ2n) is 7.19. The first-order valence-corrected chi connectivity index (χ1v) is 11.2. The summed E-state index contributed by atoms with van der Waals surface area (Å²) in [5.41, 5.74) is 2.21. The van der Waals surface area contributed by atoms with Gasteiger partial charge in [-0.1, -0.05) is 43.3 Å². The molecule has 4 aromatic rings. The normalized spacial score (nSPS) is 11.2. The van der Waals surface area contributed by atoms with Crippen LogP contribution in [0, 0.1) is 6.92 Å². The van der Waals surface area contributed by atoms with Gasteiger partial charge in [0.25, 0.3) is 5.56 Å². The average molecular weight is 437 g/mol. The summed E-state index contributed by atoms with van der Waals surface area (Å²) >= 11 is 1.43. The summed E-state index contributed by atoms with van der Waals surface area (Å²) in [6, 6.07) is 13.1. The lowest BCUT2D eigenvalue weighted by Gasteiger charge is -2.16. The fourth-order valence-corrected chi connectivity index (χ4v) is 4.27. The van der Waals surface area contributed by atoms with Gasteiger partial charge in [0.1, 0.15) is 5.75 Å². The lowest BCUT2D eigenvalue weighted by Crippen LogP contribution is -2.22. The van der Waals surface area contributed by atoms with Gasteiger partial charge in [0.2, 0.25) is 0 Å². The van der Waals surface area contributed by atoms with Crippen molar-refractivity contribution in [2.45, 2.75) is 44.1 Å². The van der Waals surface area contributed by atoms with E-state index in [2.05, 4.69) is 22.4 Å². The molecule has 2 aromatic heterocycles. The van der Waals surface area contributed by atoms with Gasteiger partial charge in [0, 0.05) is 6.54 Å². The first kappa shape index (κ1) is 21.0. The van der Waals surface area contributed by atoms with Crippen LogP contribution in [0.25, 0.3) is 16.6 Å². The van der Waals surface area contributed by atoms with Crippen LogP contribution in [0.2, 0.25) is 0 Å². The maximum Gasteiger partial charge on any atom is 0.266 e. The molecule has 2 heterocycles. The number of aromatic nitrogens is 6. The molecule has 160 valence electrons. The van der Waals surface area contributed by atoms with Gasteiger partial charge in [-0.2, -0.15) is 0 Å². The van der Waals surface area contributed by atoms with Crippen molar-refractivity contribution in [3.8, 4) is 11.4 Å². The lowest BCUT2D eigenvalue weighted by molar-refractivity contribution is 0.411. The Balaban J connectivity index is 1.82. The summed E-state index contributed by atoms with van der Waals surface area (Å²) in [6.45, 7) is 4.88. The van der Waals surface area contributed by atoms with Crippen LogP contribution in [0.3, 0.4) is 0 Å². The molecule has 0 radical (unpaired) electrons. The number of para-hydroxylation sites is 1. The minimum Gasteiger partial charge on any atom is -0.495 e. The Morgan fingerprint density at radius 1 is 1.16 bits per heavy atom. The van der Waals surface area contributed by atoms with Crippen molar-refractivity contribution >= 4 is 22.7 Å². The number of tetrazole rings is 1. The van der Waals surface area contributed by atoms with Crippen LogP contribution in [0.5, 0.6) is 5.75 Å². The number of hydrogen-bond acceptors (Lipinski definition) is 7. The highest BCUT2D eigenvalue weighted by Gasteiger charge is 2.18. The Bertz CT molecular complexity index is 1270. The monoisotopic (exact) mass is 436 g/mol. The zero-order valence-electron chi connectivity index (χ0n) is 17.8. The molecule has 0 aliphatic heterocycles. The van der Waals surface area contributed by atoms with E-state index in [-0.39, 0.29) is 5.56 Å². The third kappa shape index (κ3) is 4.32. The number of methoxy groups -OCH3 is 1. The van der Waals surface area contributed by atoms with Gasteiger partial charge >= 0.3 is 0 Å². The zero-order valence-corrected chi connectivity index (χ0v) is 18.6. The number of benzene rings is 2. The molecule has 0 saturated heterocycles. The smallest absolute Gasteiger partial charge is 0.266 e. The maximum absolute atomic E-state index is 13.5. The SMILES string of the molecule is CCCCn1nnnc1CSc1nc2ccccc2c(=O)n1-c1cc(C)ccc1OC. The second kappa shape index (κ2) is 9.30. The molecule has 0 aliphatic rings. The Morgan fingerprint density at radius 2 is 2.00 bits per heavy atom. The van der Waals surface area contributed by atoms with Crippen molar-refractivity contribution < 1.29 is 4.74 Å². The van der Waals surface area contributed by atoms with E-state index in [1.54, 1.807) is 17.7 Å². The molecule has 0 amide bonds. The maximum atomic E-state index is 13.5. The number of unbranched alkanes of at least 4 members (excludes halogenated alkanes) is 1. The van der Waals surface area contributed by atoms with E-state index in [1.807, 2.05) is 48.0 Å². The third-order valence-electron chi connectivity index (χ3n) is 4.98. The minimum absolute atomic E-state index is 0.137. The molecule has 0 fully saturated rings. The number of ether oxygens (including phenoxy) is 1. The Kier molecular flexibility index (Phi) is 6.31. The third-order valence-corrected chi connectivity index (χ3v) is 5.91. The molecular formula is C22H24N6O2S. The molecule has 0 saturated carbocycles. The summed E-state index contributed by atoms with van der Waals surface area (Å²) in [6.07, 6.45) is 2.06. The van der Waals surface area contributed by atoms with Crippen LogP contribution in [0.1, 0.15) is 31.2 Å². The Labute approximate surface area is 184 Å². The zero-order chi connectivity index (χ0) is 21.8. The largest absolute Gasteiger partial charge is 0.495 e. The van der Waals surface area contributed by atoms with E-state index >= 15 is 0 Å². The van der Waals surface area contributed by atoms with E-state index in [9.17, 15) is 4.79 Å². The predicted octanol–water partition coefficient (Wildman–Crippen LogP) is 3.78. The van der Waals surface area contributed by atoms with Gasteiger partial charge in [-0.05, 0) is 53.6 Å². The first-order chi connectivity index (χ1) is 15.1. The number of rotatable bonds is 8. The second-order valence-corrected chi connectivity index (χ2v) is 8.13. The van der Waals surface area contributed by atoms with Crippen molar-refractivity contribution in [1.29, 1.82) is 0 Å². The molecule has 4 rings (SSSR count). The van der Waals surface area contributed by atoms with Crippen molar-refractivity contribution in [3.63, 3.8) is 0 Å². The van der Waals surface area contributed by atoms with Crippen molar-refractivity contribution in [3.05, 3.63) is 64.2 Å². The first-order valence-electron chi connectivity index (χ1n) is 10.2. The fraction of sp³-hybridized carbons (Fsp3) is 0.318. The molecule has 0 spiro atoms. The lowest BCUT2D eigenvalue weighted by atomic mass is 10.2. The quantitative estimate of drug-likeness (QED) is 0.307. The van der Waals surface area contributed by atoms with Gasteiger partial charge < -0.3 is 4.74 Å². The van der Waals surface area contributed by atoms with E-state index < -0.39 is 0 Å². The van der Waals surface area contributed by atoms with Crippen LogP contribution >= 0.6 is 11.8 Å². The highest BCUT2D eigenvalue weighted by Crippen LogP contribution is 2.29. The number of hydrogen-bond donors (Lipinski definition) is 0. The molecule has 31 heavy (non-hydrogen) atoms. The van der Waals surface area contributed by atoms with Crippen molar-refractivity contribution in [2.24, 2.45) is 0 Å². The van der Waals surface area contributed by atoms with Gasteiger partial charge in [-0.3, -0.25) is 9.36 Å². The topological polar surface area (TPSA) is 87.7 Å². The minimum atomic E-state index is -0.137. The number of fused-ring (bicyclic) bond motifs is 1. The summed E-state index contributed by atoms with van der Waals surface area (Å²) in [7, 11) is 1.60. The fourth-order valence-electron chi connectivity index (χ4n) is 3.33. The summed E-state index contributed by atoms with van der Waals surface area (Å²) in [5, 5.41) is 13.2. The van der Waals surface area contributed by atoms with Crippen LogP contribution < -0.4 is 10.3 Å². The number of thioether (sulfide) groups is 1. The molecular weight excluding hydrogens is 412 g/mol. The summed E-state index contributed by atoms with van der Waals surface area (Å²) < 4.78 is 8.99. The highest BCUT2D eigenvalue weighted by atomic mass is 32.2. The standard InChI is InChI=1S/C22H24N6O2S/c1-4-5-12-27-20(24-25-26-27)14-31-22-23-17-9-7-6-8-16(17)21(29)28(22)18-13-15(2)10-11-19(18)30-3/h6-11,13H,4-5,12,14H2,1-3H3. The van der Waals surface area contributed by atoms with Gasteiger partial charge in [0.15, 0.2) is 11.0 Å². The van der Waals surface area contributed by atoms with E-state index in [0.29, 0.717) is 33.2 Å². The summed E-state index contributed by atoms with van der Waals surface area (Å²) in [4.78, 5) is 18.3. The average Bonchev–Trinajstić information content (AvgIpc) is 3.23. The van der Waals surface area contributed by atoms with E-state index in [1.165, 1.54) is 11.8 Å². The van der Waals surface area contributed by atoms with Crippen molar-refractivity contribution in [1.82, 2.24) is 29.8 Å². The molecule has 0 N–H and O–H groups in total. The number of aryl methyl sites for hydroxylation is 2. The van der Waals surface area contributed by atoms with Crippen LogP contribution in [0.4, 0.5) is 0 Å². The molecule has 9 heteroatoms.